The number of hydrogen-bond acceptors (Lipinski definition) is 7. The molecule has 27 heavy (non-hydrogen) atoms. The summed E-state index contributed by atoms with van der Waals surface area (Å²) in [7, 11) is 0. The first kappa shape index (κ1) is 18.0. The lowest BCUT2D eigenvalue weighted by atomic mass is 9.77. The third-order valence-electron chi connectivity index (χ3n) is 6.42. The molecule has 1 atom stereocenters. The number of aromatic nitrogens is 1. The third kappa shape index (κ3) is 3.43. The second kappa shape index (κ2) is 6.96. The van der Waals surface area contributed by atoms with Crippen LogP contribution >= 0.6 is 0 Å². The van der Waals surface area contributed by atoms with Crippen molar-refractivity contribution >= 4 is 23.6 Å². The van der Waals surface area contributed by atoms with Crippen LogP contribution in [0.2, 0.25) is 0 Å². The Labute approximate surface area is 160 Å². The summed E-state index contributed by atoms with van der Waals surface area (Å²) in [5, 5.41) is 0. The Hall–Kier alpha value is -2.41. The van der Waals surface area contributed by atoms with Crippen molar-refractivity contribution in [2.75, 3.05) is 18.8 Å². The van der Waals surface area contributed by atoms with Crippen LogP contribution in [0.5, 0.6) is 0 Å². The molecule has 4 rings (SSSR count). The predicted molar refractivity (Wildman–Crippen MR) is 110 cm³/mol. The van der Waals surface area contributed by atoms with Crippen LogP contribution in [0.15, 0.2) is 27.9 Å². The third-order valence-corrected chi connectivity index (χ3v) is 6.42. The molecule has 1 aromatic heterocycles. The number of amidine groups is 1. The largest absolute Gasteiger partial charge is 0.396 e. The first-order valence-electron chi connectivity index (χ1n) is 9.82. The van der Waals surface area contributed by atoms with Crippen molar-refractivity contribution in [3.63, 3.8) is 0 Å². The number of pyridine rings is 1. The monoisotopic (exact) mass is 367 g/mol. The van der Waals surface area contributed by atoms with Crippen LogP contribution in [0, 0.1) is 12.3 Å². The molecule has 6 N–H and O–H groups in total. The fourth-order valence-corrected chi connectivity index (χ4v) is 4.67. The fourth-order valence-electron chi connectivity index (χ4n) is 4.67. The summed E-state index contributed by atoms with van der Waals surface area (Å²) in [6.45, 7) is 4.05. The van der Waals surface area contributed by atoms with Crippen molar-refractivity contribution in [2.24, 2.45) is 26.9 Å². The Kier molecular flexibility index (Phi) is 4.63. The summed E-state index contributed by atoms with van der Waals surface area (Å²) in [4.78, 5) is 15.7. The quantitative estimate of drug-likeness (QED) is 0.739. The van der Waals surface area contributed by atoms with Gasteiger partial charge in [-0.3, -0.25) is 9.89 Å². The fraction of sp³-hybridized carbons (Fsp3) is 0.550. The number of piperidine rings is 1. The Morgan fingerprint density at radius 2 is 1.85 bits per heavy atom. The first-order chi connectivity index (χ1) is 13.0. The van der Waals surface area contributed by atoms with Gasteiger partial charge in [0.2, 0.25) is 0 Å². The van der Waals surface area contributed by atoms with Crippen molar-refractivity contribution in [1.29, 1.82) is 0 Å². The predicted octanol–water partition coefficient (Wildman–Crippen LogP) is 2.02. The van der Waals surface area contributed by atoms with Crippen LogP contribution in [0.1, 0.15) is 49.7 Å². The zero-order valence-corrected chi connectivity index (χ0v) is 16.0. The molecule has 2 aliphatic heterocycles. The molecule has 3 aliphatic rings. The van der Waals surface area contributed by atoms with Crippen LogP contribution in [0.4, 0.5) is 5.82 Å². The van der Waals surface area contributed by atoms with Gasteiger partial charge in [0.05, 0.1) is 5.70 Å². The van der Waals surface area contributed by atoms with E-state index in [1.54, 1.807) is 12.3 Å². The molecule has 0 aromatic carbocycles. The molecule has 0 bridgehead atoms. The summed E-state index contributed by atoms with van der Waals surface area (Å²) >= 11 is 0. The van der Waals surface area contributed by atoms with Gasteiger partial charge in [-0.25, -0.2) is 9.98 Å². The smallest absolute Gasteiger partial charge is 0.148 e. The molecule has 0 amide bonds. The van der Waals surface area contributed by atoms with Gasteiger partial charge in [0, 0.05) is 31.1 Å². The molecule has 0 radical (unpaired) electrons. The highest BCUT2D eigenvalue weighted by molar-refractivity contribution is 6.06. The zero-order valence-electron chi connectivity index (χ0n) is 16.0. The molecule has 7 nitrogen and oxygen atoms in total. The highest BCUT2D eigenvalue weighted by atomic mass is 15.3. The highest BCUT2D eigenvalue weighted by Crippen LogP contribution is 2.46. The minimum atomic E-state index is -0.0936. The Morgan fingerprint density at radius 3 is 2.52 bits per heavy atom. The van der Waals surface area contributed by atoms with Gasteiger partial charge in [0.1, 0.15) is 23.5 Å². The van der Waals surface area contributed by atoms with E-state index >= 15 is 0 Å². The van der Waals surface area contributed by atoms with Gasteiger partial charge in [-0.05, 0) is 49.7 Å². The maximum absolute atomic E-state index is 6.34. The van der Waals surface area contributed by atoms with Gasteiger partial charge < -0.3 is 17.2 Å². The number of rotatable bonds is 2. The van der Waals surface area contributed by atoms with E-state index < -0.39 is 0 Å². The molecular weight excluding hydrogens is 338 g/mol. The molecule has 7 heteroatoms. The molecule has 2 fully saturated rings. The zero-order chi connectivity index (χ0) is 19.0. The first-order valence-corrected chi connectivity index (χ1v) is 9.82. The lowest BCUT2D eigenvalue weighted by molar-refractivity contribution is 0.0981. The van der Waals surface area contributed by atoms with E-state index in [-0.39, 0.29) is 6.17 Å². The number of nitrogens with zero attached hydrogens (tertiary/aromatic N) is 4. The number of likely N-dealkylation sites (tertiary alicyclic amines) is 1. The van der Waals surface area contributed by atoms with E-state index in [9.17, 15) is 0 Å². The average Bonchev–Trinajstić information content (AvgIpc) is 3.12. The Balaban J connectivity index is 1.51. The van der Waals surface area contributed by atoms with Crippen molar-refractivity contribution in [3.05, 3.63) is 29.1 Å². The van der Waals surface area contributed by atoms with Crippen LogP contribution in [-0.4, -0.2) is 41.2 Å². The van der Waals surface area contributed by atoms with Crippen LogP contribution in [0.25, 0.3) is 5.70 Å². The van der Waals surface area contributed by atoms with Crippen molar-refractivity contribution < 1.29 is 0 Å². The van der Waals surface area contributed by atoms with Crippen LogP contribution in [0.3, 0.4) is 0 Å². The highest BCUT2D eigenvalue weighted by Gasteiger charge is 2.38. The molecule has 1 spiro atoms. The normalized spacial score (nSPS) is 27.0. The van der Waals surface area contributed by atoms with Crippen molar-refractivity contribution in [1.82, 2.24) is 9.88 Å². The van der Waals surface area contributed by atoms with Gasteiger partial charge in [-0.1, -0.05) is 12.8 Å². The van der Waals surface area contributed by atoms with E-state index in [2.05, 4.69) is 19.9 Å². The summed E-state index contributed by atoms with van der Waals surface area (Å²) in [6.07, 6.45) is 11.6. The molecule has 1 unspecified atom stereocenters. The second-order valence-electron chi connectivity index (χ2n) is 8.14. The number of aryl methyl sites for hydroxylation is 1. The summed E-state index contributed by atoms with van der Waals surface area (Å²) in [5.41, 5.74) is 21.7. The number of anilines is 1. The van der Waals surface area contributed by atoms with E-state index in [1.807, 2.05) is 13.1 Å². The van der Waals surface area contributed by atoms with Crippen molar-refractivity contribution in [3.8, 4) is 0 Å². The molecule has 1 aliphatic carbocycles. The minimum absolute atomic E-state index is 0.0936. The standard InChI is InChI=1S/C20H29N7/c1-13-11-24-15(21)10-14(13)17(22)18-19(23)26-16(12-25-18)27-8-6-20(7-9-27)4-2-3-5-20/h10-12,16H,2-9,22H2,1H3,(H2,21,24)(H2,23,26). The number of hydrogen-bond donors (Lipinski definition) is 3. The minimum Gasteiger partial charge on any atom is -0.396 e. The van der Waals surface area contributed by atoms with Gasteiger partial charge >= 0.3 is 0 Å². The van der Waals surface area contributed by atoms with E-state index in [1.165, 1.54) is 38.5 Å². The number of nitrogens with two attached hydrogens (primary N) is 3. The van der Waals surface area contributed by atoms with Crippen LogP contribution in [-0.2, 0) is 0 Å². The Bertz CT molecular complexity index is 808. The maximum Gasteiger partial charge on any atom is 0.148 e. The molecule has 1 saturated carbocycles. The summed E-state index contributed by atoms with van der Waals surface area (Å²) in [6, 6.07) is 1.75. The van der Waals surface area contributed by atoms with Gasteiger partial charge in [-0.15, -0.1) is 0 Å². The summed E-state index contributed by atoms with van der Waals surface area (Å²) < 4.78 is 0. The van der Waals surface area contributed by atoms with E-state index in [0.717, 1.165) is 24.2 Å². The van der Waals surface area contributed by atoms with Crippen LogP contribution < -0.4 is 17.2 Å². The molecule has 3 heterocycles. The number of aliphatic imine (C=N–C) groups is 2. The molecule has 1 aromatic rings. The lowest BCUT2D eigenvalue weighted by Gasteiger charge is -2.41. The van der Waals surface area contributed by atoms with E-state index in [0.29, 0.717) is 28.5 Å². The molecule has 1 saturated heterocycles. The molecule has 144 valence electrons. The van der Waals surface area contributed by atoms with Crippen molar-refractivity contribution in [2.45, 2.75) is 51.6 Å². The lowest BCUT2D eigenvalue weighted by Crippen LogP contribution is -2.46. The summed E-state index contributed by atoms with van der Waals surface area (Å²) in [5.74, 6) is 0.803. The maximum atomic E-state index is 6.34. The topological polar surface area (TPSA) is 119 Å². The average molecular weight is 368 g/mol. The van der Waals surface area contributed by atoms with Gasteiger partial charge in [0.25, 0.3) is 0 Å². The van der Waals surface area contributed by atoms with E-state index in [4.69, 9.17) is 17.2 Å². The number of nitrogen functional groups attached to an aromatic ring is 1. The Morgan fingerprint density at radius 1 is 1.15 bits per heavy atom. The second-order valence-corrected chi connectivity index (χ2v) is 8.14. The van der Waals surface area contributed by atoms with Gasteiger partial charge in [0.15, 0.2) is 0 Å². The van der Waals surface area contributed by atoms with Gasteiger partial charge in [-0.2, -0.15) is 0 Å². The molecular formula is C20H29N7. The SMILES string of the molecule is Cc1cnc(N)cc1C(N)=C1N=CC(N2CCC3(CCCC3)CC2)N=C1N.